The van der Waals surface area contributed by atoms with E-state index in [9.17, 15) is 13.2 Å². The first-order valence-corrected chi connectivity index (χ1v) is 10.9. The van der Waals surface area contributed by atoms with Crippen molar-refractivity contribution in [1.82, 2.24) is 0 Å². The number of ether oxygens (including phenoxy) is 1. The highest BCUT2D eigenvalue weighted by Gasteiger charge is 2.31. The highest BCUT2D eigenvalue weighted by Crippen LogP contribution is 2.33. The summed E-state index contributed by atoms with van der Waals surface area (Å²) >= 11 is 0. The van der Waals surface area contributed by atoms with Crippen LogP contribution in [0.1, 0.15) is 31.7 Å². The predicted octanol–water partition coefficient (Wildman–Crippen LogP) is 8.81. The summed E-state index contributed by atoms with van der Waals surface area (Å²) in [6.45, 7) is 2.20. The molecule has 0 saturated carbocycles. The number of benzene rings is 4. The summed E-state index contributed by atoms with van der Waals surface area (Å²) < 4.78 is 41.6. The lowest BCUT2D eigenvalue weighted by Crippen LogP contribution is -2.16. The van der Waals surface area contributed by atoms with Crippen molar-refractivity contribution in [3.63, 3.8) is 0 Å². The first-order valence-electron chi connectivity index (χ1n) is 10.9. The Morgan fingerprint density at radius 2 is 1.38 bits per heavy atom. The van der Waals surface area contributed by atoms with E-state index in [1.54, 1.807) is 6.07 Å². The molecule has 0 aliphatic rings. The molecule has 4 rings (SSSR count). The molecule has 0 radical (unpaired) electrons. The summed E-state index contributed by atoms with van der Waals surface area (Å²) in [5.41, 5.74) is 5.92. The van der Waals surface area contributed by atoms with Crippen LogP contribution in [0.3, 0.4) is 0 Å². The third-order valence-corrected chi connectivity index (χ3v) is 5.62. The van der Waals surface area contributed by atoms with E-state index in [2.05, 4.69) is 54.1 Å². The first kappa shape index (κ1) is 21.9. The lowest BCUT2D eigenvalue weighted by atomic mass is 9.91. The van der Waals surface area contributed by atoms with E-state index in [0.717, 1.165) is 29.4 Å². The van der Waals surface area contributed by atoms with Crippen LogP contribution in [0.25, 0.3) is 33.0 Å². The van der Waals surface area contributed by atoms with Crippen LogP contribution >= 0.6 is 0 Å². The predicted molar refractivity (Wildman–Crippen MR) is 125 cm³/mol. The molecule has 4 aromatic rings. The Kier molecular flexibility index (Phi) is 6.50. The molecule has 0 aromatic heterocycles. The summed E-state index contributed by atoms with van der Waals surface area (Å²) in [5, 5.41) is 1.58. The molecule has 0 aliphatic heterocycles. The zero-order valence-corrected chi connectivity index (χ0v) is 18.0. The lowest BCUT2D eigenvalue weighted by molar-refractivity contribution is -0.274. The second-order valence-corrected chi connectivity index (χ2v) is 7.97. The Labute approximate surface area is 186 Å². The molecule has 0 unspecified atom stereocenters. The summed E-state index contributed by atoms with van der Waals surface area (Å²) in [5.74, 6) is -0.205. The number of alkyl halides is 3. The van der Waals surface area contributed by atoms with Gasteiger partial charge in [0.15, 0.2) is 0 Å². The van der Waals surface area contributed by atoms with Gasteiger partial charge in [-0.05, 0) is 69.6 Å². The second-order valence-electron chi connectivity index (χ2n) is 7.97. The molecule has 0 saturated heterocycles. The van der Waals surface area contributed by atoms with Gasteiger partial charge in [0.05, 0.1) is 0 Å². The van der Waals surface area contributed by atoms with Crippen LogP contribution in [0.2, 0.25) is 0 Å². The SMILES string of the molecule is CCCCCc1cc(-c2ccc3cc(OC(F)(F)F)ccc3c2)ccc1-c1ccccc1. The van der Waals surface area contributed by atoms with Gasteiger partial charge in [0.25, 0.3) is 0 Å². The molecule has 4 heteroatoms. The van der Waals surface area contributed by atoms with Crippen molar-refractivity contribution in [2.45, 2.75) is 39.0 Å². The number of hydrogen-bond donors (Lipinski definition) is 0. The van der Waals surface area contributed by atoms with Gasteiger partial charge in [0, 0.05) is 0 Å². The van der Waals surface area contributed by atoms with Gasteiger partial charge < -0.3 is 4.74 Å². The summed E-state index contributed by atoms with van der Waals surface area (Å²) in [6.07, 6.45) is -0.179. The van der Waals surface area contributed by atoms with Crippen molar-refractivity contribution < 1.29 is 17.9 Å². The van der Waals surface area contributed by atoms with Crippen LogP contribution in [0.4, 0.5) is 13.2 Å². The maximum absolute atomic E-state index is 12.5. The van der Waals surface area contributed by atoms with Gasteiger partial charge in [-0.1, -0.05) is 86.5 Å². The van der Waals surface area contributed by atoms with Crippen LogP contribution in [-0.2, 0) is 6.42 Å². The number of halogens is 3. The zero-order valence-electron chi connectivity index (χ0n) is 18.0. The van der Waals surface area contributed by atoms with Crippen molar-refractivity contribution in [3.05, 3.63) is 90.5 Å². The number of rotatable bonds is 7. The molecule has 164 valence electrons. The number of fused-ring (bicyclic) bond motifs is 1. The van der Waals surface area contributed by atoms with Crippen LogP contribution in [0, 0.1) is 0 Å². The molecule has 4 aromatic carbocycles. The van der Waals surface area contributed by atoms with Crippen molar-refractivity contribution >= 4 is 10.8 Å². The molecule has 0 bridgehead atoms. The van der Waals surface area contributed by atoms with Crippen LogP contribution in [0.5, 0.6) is 5.75 Å². The molecule has 0 aliphatic carbocycles. The second kappa shape index (κ2) is 9.47. The van der Waals surface area contributed by atoms with Gasteiger partial charge in [0.2, 0.25) is 0 Å². The minimum Gasteiger partial charge on any atom is -0.406 e. The topological polar surface area (TPSA) is 9.23 Å². The van der Waals surface area contributed by atoms with E-state index in [1.165, 1.54) is 41.7 Å². The summed E-state index contributed by atoms with van der Waals surface area (Å²) in [6, 6.07) is 27.2. The van der Waals surface area contributed by atoms with Crippen molar-refractivity contribution in [2.24, 2.45) is 0 Å². The van der Waals surface area contributed by atoms with E-state index in [1.807, 2.05) is 24.3 Å². The molecule has 0 heterocycles. The Hall–Kier alpha value is -3.27. The lowest BCUT2D eigenvalue weighted by Gasteiger charge is -2.14. The smallest absolute Gasteiger partial charge is 0.406 e. The highest BCUT2D eigenvalue weighted by molar-refractivity contribution is 5.89. The fourth-order valence-corrected chi connectivity index (χ4v) is 4.05. The third kappa shape index (κ3) is 5.31. The minimum atomic E-state index is -4.69. The van der Waals surface area contributed by atoms with Gasteiger partial charge >= 0.3 is 6.36 Å². The first-order chi connectivity index (χ1) is 15.4. The molecule has 0 atom stereocenters. The van der Waals surface area contributed by atoms with Crippen molar-refractivity contribution in [2.75, 3.05) is 0 Å². The standard InChI is InChI=1S/C28H25F3O/c1-2-3-5-10-25-18-23(14-16-27(25)20-8-6-4-7-9-20)21-11-12-24-19-26(32-28(29,30)31)15-13-22(24)17-21/h4,6-9,11-19H,2-3,5,10H2,1H3. The Morgan fingerprint density at radius 3 is 2.12 bits per heavy atom. The van der Waals surface area contributed by atoms with Gasteiger partial charge in [-0.2, -0.15) is 0 Å². The fourth-order valence-electron chi connectivity index (χ4n) is 4.05. The van der Waals surface area contributed by atoms with Crippen molar-refractivity contribution in [1.29, 1.82) is 0 Å². The zero-order chi connectivity index (χ0) is 22.6. The fraction of sp³-hybridized carbons (Fsp3) is 0.214. The van der Waals surface area contributed by atoms with E-state index >= 15 is 0 Å². The molecule has 0 spiro atoms. The van der Waals surface area contributed by atoms with Crippen LogP contribution in [0.15, 0.2) is 84.9 Å². The van der Waals surface area contributed by atoms with Gasteiger partial charge in [-0.3, -0.25) is 0 Å². The Bertz CT molecular complexity index is 1200. The summed E-state index contributed by atoms with van der Waals surface area (Å²) in [7, 11) is 0. The molecule has 32 heavy (non-hydrogen) atoms. The number of aryl methyl sites for hydroxylation is 1. The van der Waals surface area contributed by atoms with Gasteiger partial charge in [-0.15, -0.1) is 13.2 Å². The van der Waals surface area contributed by atoms with Crippen molar-refractivity contribution in [3.8, 4) is 28.0 Å². The Morgan fingerprint density at radius 1 is 0.688 bits per heavy atom. The van der Waals surface area contributed by atoms with Crippen LogP contribution < -0.4 is 4.74 Å². The molecule has 0 amide bonds. The average Bonchev–Trinajstić information content (AvgIpc) is 2.78. The molecule has 0 N–H and O–H groups in total. The van der Waals surface area contributed by atoms with E-state index in [-0.39, 0.29) is 5.75 Å². The average molecular weight is 435 g/mol. The summed E-state index contributed by atoms with van der Waals surface area (Å²) in [4.78, 5) is 0. The molecular formula is C28H25F3O. The maximum Gasteiger partial charge on any atom is 0.573 e. The van der Waals surface area contributed by atoms with Gasteiger partial charge in [0.1, 0.15) is 5.75 Å². The normalized spacial score (nSPS) is 11.6. The number of unbranched alkanes of at least 4 members (excludes halogenated alkanes) is 2. The van der Waals surface area contributed by atoms with Gasteiger partial charge in [-0.25, -0.2) is 0 Å². The van der Waals surface area contributed by atoms with E-state index < -0.39 is 6.36 Å². The molecule has 0 fully saturated rings. The molecular weight excluding hydrogens is 409 g/mol. The van der Waals surface area contributed by atoms with Crippen LogP contribution in [-0.4, -0.2) is 6.36 Å². The third-order valence-electron chi connectivity index (χ3n) is 5.62. The minimum absolute atomic E-state index is 0.205. The maximum atomic E-state index is 12.5. The largest absolute Gasteiger partial charge is 0.573 e. The molecule has 1 nitrogen and oxygen atoms in total. The van der Waals surface area contributed by atoms with E-state index in [4.69, 9.17) is 0 Å². The monoisotopic (exact) mass is 434 g/mol. The quantitative estimate of drug-likeness (QED) is 0.264. The highest BCUT2D eigenvalue weighted by atomic mass is 19.4. The van der Waals surface area contributed by atoms with E-state index in [0.29, 0.717) is 5.39 Å². The Balaban J connectivity index is 1.68. The number of hydrogen-bond acceptors (Lipinski definition) is 1.